The Morgan fingerprint density at radius 3 is 2.65 bits per heavy atom. The van der Waals surface area contributed by atoms with Crippen LogP contribution in [0.4, 0.5) is 10.2 Å². The van der Waals surface area contributed by atoms with Crippen molar-refractivity contribution in [3.63, 3.8) is 0 Å². The Morgan fingerprint density at radius 2 is 2.13 bits per heavy atom. The highest BCUT2D eigenvalue weighted by Crippen LogP contribution is 2.24. The van der Waals surface area contributed by atoms with Crippen LogP contribution in [0.1, 0.15) is 29.8 Å². The summed E-state index contributed by atoms with van der Waals surface area (Å²) in [5.74, 6) is 0.108. The fourth-order valence-corrected chi connectivity index (χ4v) is 2.74. The van der Waals surface area contributed by atoms with E-state index in [0.29, 0.717) is 11.4 Å². The lowest BCUT2D eigenvalue weighted by atomic mass is 10.0. The van der Waals surface area contributed by atoms with Gasteiger partial charge in [0, 0.05) is 12.6 Å². The molecular formula is C17H23FN4O. The molecule has 1 unspecified atom stereocenters. The quantitative estimate of drug-likeness (QED) is 0.922. The molecule has 0 saturated heterocycles. The smallest absolute Gasteiger partial charge is 0.247 e. The van der Waals surface area contributed by atoms with E-state index in [9.17, 15) is 9.18 Å². The SMILES string of the molecule is CCc1nn(C)c(NC(=O)C(c2cccc(F)c2)N(C)C)c1C. The van der Waals surface area contributed by atoms with Gasteiger partial charge in [-0.05, 0) is 45.1 Å². The maximum atomic E-state index is 13.5. The van der Waals surface area contributed by atoms with E-state index in [0.717, 1.165) is 17.7 Å². The van der Waals surface area contributed by atoms with E-state index in [2.05, 4.69) is 10.4 Å². The maximum absolute atomic E-state index is 13.5. The molecule has 2 aromatic rings. The van der Waals surface area contributed by atoms with Crippen molar-refractivity contribution in [3.8, 4) is 0 Å². The zero-order valence-corrected chi connectivity index (χ0v) is 14.2. The van der Waals surface area contributed by atoms with Crippen molar-refractivity contribution < 1.29 is 9.18 Å². The Labute approximate surface area is 136 Å². The van der Waals surface area contributed by atoms with Gasteiger partial charge in [-0.2, -0.15) is 5.10 Å². The largest absolute Gasteiger partial charge is 0.309 e. The molecule has 0 bridgehead atoms. The van der Waals surface area contributed by atoms with Crippen molar-refractivity contribution in [1.82, 2.24) is 14.7 Å². The van der Waals surface area contributed by atoms with E-state index in [4.69, 9.17) is 0 Å². The van der Waals surface area contributed by atoms with Gasteiger partial charge < -0.3 is 5.32 Å². The summed E-state index contributed by atoms with van der Waals surface area (Å²) in [6, 6.07) is 5.54. The molecule has 1 aromatic carbocycles. The molecule has 0 fully saturated rings. The lowest BCUT2D eigenvalue weighted by Crippen LogP contribution is -2.33. The lowest BCUT2D eigenvalue weighted by molar-refractivity contribution is -0.120. The summed E-state index contributed by atoms with van der Waals surface area (Å²) in [7, 11) is 5.39. The highest BCUT2D eigenvalue weighted by atomic mass is 19.1. The minimum Gasteiger partial charge on any atom is -0.309 e. The first-order chi connectivity index (χ1) is 10.8. The first-order valence-corrected chi connectivity index (χ1v) is 7.60. The summed E-state index contributed by atoms with van der Waals surface area (Å²) in [6.45, 7) is 3.96. The molecule has 1 aromatic heterocycles. The number of aromatic nitrogens is 2. The van der Waals surface area contributed by atoms with Crippen LogP contribution in [0.15, 0.2) is 24.3 Å². The number of halogens is 1. The highest BCUT2D eigenvalue weighted by molar-refractivity contribution is 5.95. The van der Waals surface area contributed by atoms with Gasteiger partial charge in [-0.15, -0.1) is 0 Å². The van der Waals surface area contributed by atoms with E-state index < -0.39 is 6.04 Å². The van der Waals surface area contributed by atoms with E-state index in [1.165, 1.54) is 12.1 Å². The van der Waals surface area contributed by atoms with Crippen molar-refractivity contribution in [2.75, 3.05) is 19.4 Å². The number of hydrogen-bond donors (Lipinski definition) is 1. The molecule has 23 heavy (non-hydrogen) atoms. The standard InChI is InChI=1S/C17H23FN4O/c1-6-14-11(2)16(22(5)20-14)19-17(23)15(21(3)4)12-8-7-9-13(18)10-12/h7-10,15H,6H2,1-5H3,(H,19,23). The molecule has 5 nitrogen and oxygen atoms in total. The number of nitrogens with one attached hydrogen (secondary N) is 1. The molecule has 6 heteroatoms. The molecule has 0 spiro atoms. The Kier molecular flexibility index (Phi) is 5.15. The minimum atomic E-state index is -0.579. The van der Waals surface area contributed by atoms with Crippen LogP contribution in [0.5, 0.6) is 0 Å². The number of carbonyl (C=O) groups excluding carboxylic acids is 1. The number of hydrogen-bond acceptors (Lipinski definition) is 3. The topological polar surface area (TPSA) is 50.2 Å². The summed E-state index contributed by atoms with van der Waals surface area (Å²) in [6.07, 6.45) is 0.802. The molecule has 2 rings (SSSR count). The number of likely N-dealkylation sites (N-methyl/N-ethyl adjacent to an activating group) is 1. The molecule has 0 saturated carbocycles. The van der Waals surface area contributed by atoms with Crippen LogP contribution in [-0.4, -0.2) is 34.7 Å². The minimum absolute atomic E-state index is 0.214. The molecule has 1 amide bonds. The van der Waals surface area contributed by atoms with Gasteiger partial charge in [0.2, 0.25) is 5.91 Å². The average molecular weight is 318 g/mol. The van der Waals surface area contributed by atoms with Gasteiger partial charge in [-0.3, -0.25) is 14.4 Å². The molecule has 0 aliphatic rings. The fourth-order valence-electron chi connectivity index (χ4n) is 2.74. The summed E-state index contributed by atoms with van der Waals surface area (Å²) in [4.78, 5) is 14.5. The van der Waals surface area contributed by atoms with E-state index in [1.807, 2.05) is 13.8 Å². The normalized spacial score (nSPS) is 12.5. The predicted octanol–water partition coefficient (Wildman–Crippen LogP) is 2.67. The number of rotatable bonds is 5. The molecule has 0 radical (unpaired) electrons. The van der Waals surface area contributed by atoms with Crippen LogP contribution in [0.3, 0.4) is 0 Å². The van der Waals surface area contributed by atoms with Crippen molar-refractivity contribution in [3.05, 3.63) is 46.9 Å². The average Bonchev–Trinajstić information content (AvgIpc) is 2.74. The van der Waals surface area contributed by atoms with Crippen LogP contribution < -0.4 is 5.32 Å². The molecule has 124 valence electrons. The van der Waals surface area contributed by atoms with Crippen LogP contribution >= 0.6 is 0 Å². The van der Waals surface area contributed by atoms with E-state index >= 15 is 0 Å². The number of anilines is 1. The van der Waals surface area contributed by atoms with Crippen LogP contribution in [0.25, 0.3) is 0 Å². The monoisotopic (exact) mass is 318 g/mol. The Hall–Kier alpha value is -2.21. The van der Waals surface area contributed by atoms with Crippen LogP contribution in [0, 0.1) is 12.7 Å². The van der Waals surface area contributed by atoms with Gasteiger partial charge in [0.05, 0.1) is 5.69 Å². The predicted molar refractivity (Wildman–Crippen MR) is 88.8 cm³/mol. The molecule has 0 aliphatic carbocycles. The van der Waals surface area contributed by atoms with E-state index in [-0.39, 0.29) is 11.7 Å². The molecule has 1 heterocycles. The zero-order chi connectivity index (χ0) is 17.1. The van der Waals surface area contributed by atoms with Crippen molar-refractivity contribution in [2.45, 2.75) is 26.3 Å². The number of nitrogens with zero attached hydrogens (tertiary/aromatic N) is 3. The number of aryl methyl sites for hydroxylation is 2. The van der Waals surface area contributed by atoms with Crippen LogP contribution in [0.2, 0.25) is 0 Å². The molecule has 0 aliphatic heterocycles. The van der Waals surface area contributed by atoms with Gasteiger partial charge in [0.25, 0.3) is 0 Å². The third kappa shape index (κ3) is 3.59. The number of benzene rings is 1. The second-order valence-corrected chi connectivity index (χ2v) is 5.81. The molecular weight excluding hydrogens is 295 g/mol. The van der Waals surface area contributed by atoms with E-state index in [1.54, 1.807) is 42.9 Å². The number of carbonyl (C=O) groups is 1. The van der Waals surface area contributed by atoms with Crippen molar-refractivity contribution in [2.24, 2.45) is 7.05 Å². The molecule has 1 N–H and O–H groups in total. The van der Waals surface area contributed by atoms with Gasteiger partial charge in [0.15, 0.2) is 0 Å². The number of amides is 1. The van der Waals surface area contributed by atoms with Gasteiger partial charge in [-0.25, -0.2) is 4.39 Å². The van der Waals surface area contributed by atoms with Crippen molar-refractivity contribution in [1.29, 1.82) is 0 Å². The van der Waals surface area contributed by atoms with Crippen LogP contribution in [-0.2, 0) is 18.3 Å². The third-order valence-electron chi connectivity index (χ3n) is 3.89. The summed E-state index contributed by atoms with van der Waals surface area (Å²) >= 11 is 0. The van der Waals surface area contributed by atoms with Crippen molar-refractivity contribution >= 4 is 11.7 Å². The summed E-state index contributed by atoms with van der Waals surface area (Å²) in [5, 5.41) is 7.33. The maximum Gasteiger partial charge on any atom is 0.247 e. The first kappa shape index (κ1) is 17.1. The van der Waals surface area contributed by atoms with Gasteiger partial charge in [-0.1, -0.05) is 19.1 Å². The summed E-state index contributed by atoms with van der Waals surface area (Å²) in [5.41, 5.74) is 2.53. The fraction of sp³-hybridized carbons (Fsp3) is 0.412. The zero-order valence-electron chi connectivity index (χ0n) is 14.2. The summed E-state index contributed by atoms with van der Waals surface area (Å²) < 4.78 is 15.2. The first-order valence-electron chi connectivity index (χ1n) is 7.60. The van der Waals surface area contributed by atoms with Gasteiger partial charge >= 0.3 is 0 Å². The third-order valence-corrected chi connectivity index (χ3v) is 3.89. The van der Waals surface area contributed by atoms with Gasteiger partial charge in [0.1, 0.15) is 17.7 Å². The Morgan fingerprint density at radius 1 is 1.43 bits per heavy atom. The second-order valence-electron chi connectivity index (χ2n) is 5.81. The molecule has 1 atom stereocenters. The second kappa shape index (κ2) is 6.91. The highest BCUT2D eigenvalue weighted by Gasteiger charge is 2.25. The Balaban J connectivity index is 2.31. The Bertz CT molecular complexity index is 709. The lowest BCUT2D eigenvalue weighted by Gasteiger charge is -2.24.